The van der Waals surface area contributed by atoms with Gasteiger partial charge in [-0.3, -0.25) is 4.90 Å². The molecular weight excluding hydrogens is 246 g/mol. The monoisotopic (exact) mass is 269 g/mol. The van der Waals surface area contributed by atoms with Crippen LogP contribution in [0.4, 0.5) is 0 Å². The molecule has 1 aromatic carbocycles. The highest BCUT2D eigenvalue weighted by Crippen LogP contribution is 2.31. The van der Waals surface area contributed by atoms with E-state index in [9.17, 15) is 0 Å². The van der Waals surface area contributed by atoms with E-state index in [1.54, 1.807) is 0 Å². The minimum atomic E-state index is -0.00546. The predicted molar refractivity (Wildman–Crippen MR) is 84.6 cm³/mol. The van der Waals surface area contributed by atoms with Crippen LogP contribution in [0.3, 0.4) is 0 Å². The van der Waals surface area contributed by atoms with Crippen LogP contribution in [0.5, 0.6) is 0 Å². The molecular formula is C18H23NO. The molecule has 2 rings (SSSR count). The van der Waals surface area contributed by atoms with Crippen LogP contribution >= 0.6 is 0 Å². The standard InChI is InChI=1S/C18H23NO/c1-4-8-15(9-5-2)18-17-11-7-6-10-16(17)14-19(3)12-13-20-18/h4-11,18H,1,12-14H2,2-3H3/b9-5-,15-8+/t18-/m0/s1. The van der Waals surface area contributed by atoms with Gasteiger partial charge in [-0.2, -0.15) is 0 Å². The zero-order valence-corrected chi connectivity index (χ0v) is 12.4. The van der Waals surface area contributed by atoms with Gasteiger partial charge in [-0.15, -0.1) is 0 Å². The van der Waals surface area contributed by atoms with E-state index < -0.39 is 0 Å². The molecule has 0 saturated carbocycles. The van der Waals surface area contributed by atoms with E-state index in [0.29, 0.717) is 0 Å². The van der Waals surface area contributed by atoms with Crippen molar-refractivity contribution in [3.8, 4) is 0 Å². The number of rotatable bonds is 3. The summed E-state index contributed by atoms with van der Waals surface area (Å²) in [4.78, 5) is 2.29. The van der Waals surface area contributed by atoms with Crippen LogP contribution in [0.25, 0.3) is 0 Å². The largest absolute Gasteiger partial charge is 0.367 e. The minimum absolute atomic E-state index is 0.00546. The van der Waals surface area contributed by atoms with E-state index in [-0.39, 0.29) is 6.10 Å². The summed E-state index contributed by atoms with van der Waals surface area (Å²) in [5, 5.41) is 0. The molecule has 2 nitrogen and oxygen atoms in total. The molecule has 0 bridgehead atoms. The molecule has 1 atom stereocenters. The SMILES string of the molecule is C=C/C=C(\C=C/C)[C@@H]1OCCN(C)Cc2ccccc21. The maximum atomic E-state index is 6.14. The molecule has 0 aliphatic carbocycles. The van der Waals surface area contributed by atoms with Crippen molar-refractivity contribution in [2.45, 2.75) is 19.6 Å². The fraction of sp³-hybridized carbons (Fsp3) is 0.333. The molecule has 2 heteroatoms. The highest BCUT2D eigenvalue weighted by molar-refractivity contribution is 5.39. The zero-order chi connectivity index (χ0) is 14.4. The Balaban J connectivity index is 2.44. The van der Waals surface area contributed by atoms with Gasteiger partial charge in [0.2, 0.25) is 0 Å². The van der Waals surface area contributed by atoms with Crippen molar-refractivity contribution >= 4 is 0 Å². The molecule has 20 heavy (non-hydrogen) atoms. The van der Waals surface area contributed by atoms with Gasteiger partial charge in [-0.05, 0) is 30.7 Å². The lowest BCUT2D eigenvalue weighted by Gasteiger charge is -2.28. The molecule has 0 saturated heterocycles. The number of likely N-dealkylation sites (N-methyl/N-ethyl adjacent to an activating group) is 1. The Morgan fingerprint density at radius 1 is 1.40 bits per heavy atom. The van der Waals surface area contributed by atoms with Crippen LogP contribution in [-0.4, -0.2) is 25.1 Å². The Morgan fingerprint density at radius 2 is 2.20 bits per heavy atom. The summed E-state index contributed by atoms with van der Waals surface area (Å²) in [7, 11) is 2.13. The maximum Gasteiger partial charge on any atom is 0.108 e. The van der Waals surface area contributed by atoms with E-state index in [2.05, 4.69) is 48.9 Å². The first-order chi connectivity index (χ1) is 9.76. The van der Waals surface area contributed by atoms with Gasteiger partial charge in [0.05, 0.1) is 6.61 Å². The average Bonchev–Trinajstić information content (AvgIpc) is 2.42. The van der Waals surface area contributed by atoms with Gasteiger partial charge in [-0.25, -0.2) is 0 Å². The normalized spacial score (nSPS) is 21.3. The summed E-state index contributed by atoms with van der Waals surface area (Å²) in [6.07, 6.45) is 8.01. The molecule has 0 spiro atoms. The molecule has 0 N–H and O–H groups in total. The van der Waals surface area contributed by atoms with Gasteiger partial charge in [0.1, 0.15) is 6.10 Å². The number of ether oxygens (including phenoxy) is 1. The number of fused-ring (bicyclic) bond motifs is 1. The molecule has 0 radical (unpaired) electrons. The van der Waals surface area contributed by atoms with Crippen LogP contribution in [0.15, 0.2) is 60.7 Å². The second kappa shape index (κ2) is 7.22. The summed E-state index contributed by atoms with van der Waals surface area (Å²) in [5.74, 6) is 0. The number of hydrogen-bond donors (Lipinski definition) is 0. The summed E-state index contributed by atoms with van der Waals surface area (Å²) < 4.78 is 6.14. The topological polar surface area (TPSA) is 12.5 Å². The number of nitrogens with zero attached hydrogens (tertiary/aromatic N) is 1. The minimum Gasteiger partial charge on any atom is -0.367 e. The first kappa shape index (κ1) is 14.8. The smallest absolute Gasteiger partial charge is 0.108 e. The lowest BCUT2D eigenvalue weighted by atomic mass is 9.95. The molecule has 0 fully saturated rings. The molecule has 0 amide bonds. The highest BCUT2D eigenvalue weighted by Gasteiger charge is 2.21. The maximum absolute atomic E-state index is 6.14. The van der Waals surface area contributed by atoms with Crippen LogP contribution in [0.1, 0.15) is 24.2 Å². The molecule has 1 heterocycles. The van der Waals surface area contributed by atoms with Crippen molar-refractivity contribution in [3.05, 3.63) is 71.8 Å². The summed E-state index contributed by atoms with van der Waals surface area (Å²) in [5.41, 5.74) is 3.74. The predicted octanol–water partition coefficient (Wildman–Crippen LogP) is 3.88. The van der Waals surface area contributed by atoms with E-state index in [1.807, 2.05) is 25.2 Å². The quantitative estimate of drug-likeness (QED) is 0.772. The fourth-order valence-electron chi connectivity index (χ4n) is 2.55. The molecule has 1 aliphatic rings. The van der Waals surface area contributed by atoms with E-state index in [4.69, 9.17) is 4.74 Å². The molecule has 0 aromatic heterocycles. The van der Waals surface area contributed by atoms with Crippen LogP contribution in [-0.2, 0) is 11.3 Å². The van der Waals surface area contributed by atoms with E-state index in [1.165, 1.54) is 11.1 Å². The first-order valence-electron chi connectivity index (χ1n) is 7.09. The van der Waals surface area contributed by atoms with Crippen LogP contribution in [0, 0.1) is 0 Å². The Morgan fingerprint density at radius 3 is 2.95 bits per heavy atom. The van der Waals surface area contributed by atoms with E-state index >= 15 is 0 Å². The van der Waals surface area contributed by atoms with Gasteiger partial charge in [-0.1, -0.05) is 55.1 Å². The van der Waals surface area contributed by atoms with Crippen molar-refractivity contribution in [1.29, 1.82) is 0 Å². The summed E-state index contributed by atoms with van der Waals surface area (Å²) in [6.45, 7) is 8.49. The third-order valence-electron chi connectivity index (χ3n) is 3.51. The number of allylic oxidation sites excluding steroid dienone is 3. The third-order valence-corrected chi connectivity index (χ3v) is 3.51. The van der Waals surface area contributed by atoms with Gasteiger partial charge in [0, 0.05) is 13.1 Å². The summed E-state index contributed by atoms with van der Waals surface area (Å²) >= 11 is 0. The molecule has 1 aromatic rings. The molecule has 0 unspecified atom stereocenters. The zero-order valence-electron chi connectivity index (χ0n) is 12.4. The van der Waals surface area contributed by atoms with Gasteiger partial charge in [0.15, 0.2) is 0 Å². The summed E-state index contributed by atoms with van der Waals surface area (Å²) in [6, 6.07) is 8.53. The van der Waals surface area contributed by atoms with Crippen molar-refractivity contribution in [1.82, 2.24) is 4.90 Å². The average molecular weight is 269 g/mol. The van der Waals surface area contributed by atoms with Crippen molar-refractivity contribution < 1.29 is 4.74 Å². The van der Waals surface area contributed by atoms with Gasteiger partial charge < -0.3 is 4.74 Å². The fourth-order valence-corrected chi connectivity index (χ4v) is 2.55. The van der Waals surface area contributed by atoms with Crippen LogP contribution < -0.4 is 0 Å². The lowest BCUT2D eigenvalue weighted by molar-refractivity contribution is 0.0550. The lowest BCUT2D eigenvalue weighted by Crippen LogP contribution is -2.27. The van der Waals surface area contributed by atoms with Crippen molar-refractivity contribution in [2.75, 3.05) is 20.2 Å². The van der Waals surface area contributed by atoms with Crippen molar-refractivity contribution in [3.63, 3.8) is 0 Å². The Bertz CT molecular complexity index is 516. The third kappa shape index (κ3) is 3.47. The molecule has 106 valence electrons. The van der Waals surface area contributed by atoms with Crippen LogP contribution in [0.2, 0.25) is 0 Å². The number of benzene rings is 1. The van der Waals surface area contributed by atoms with Gasteiger partial charge in [0.25, 0.3) is 0 Å². The number of hydrogen-bond acceptors (Lipinski definition) is 2. The van der Waals surface area contributed by atoms with Gasteiger partial charge >= 0.3 is 0 Å². The Kier molecular flexibility index (Phi) is 5.33. The first-order valence-corrected chi connectivity index (χ1v) is 7.09. The van der Waals surface area contributed by atoms with Crippen molar-refractivity contribution in [2.24, 2.45) is 0 Å². The Labute approximate surface area is 122 Å². The molecule has 1 aliphatic heterocycles. The highest BCUT2D eigenvalue weighted by atomic mass is 16.5. The Hall–Kier alpha value is -1.64. The second-order valence-electron chi connectivity index (χ2n) is 5.09. The van der Waals surface area contributed by atoms with E-state index in [0.717, 1.165) is 25.3 Å². The second-order valence-corrected chi connectivity index (χ2v) is 5.09.